The van der Waals surface area contributed by atoms with E-state index in [0.29, 0.717) is 19.0 Å². The highest BCUT2D eigenvalue weighted by Gasteiger charge is 2.25. The summed E-state index contributed by atoms with van der Waals surface area (Å²) in [5, 5.41) is 13.8. The number of piperidine rings is 1. The molecule has 0 atom stereocenters. The molecule has 2 aliphatic rings. The fraction of sp³-hybridized carbons (Fsp3) is 0.407. The number of methoxy groups -OCH3 is 2. The molecule has 0 radical (unpaired) electrons. The van der Waals surface area contributed by atoms with E-state index in [0.717, 1.165) is 53.9 Å². The van der Waals surface area contributed by atoms with Gasteiger partial charge in [0.1, 0.15) is 0 Å². The van der Waals surface area contributed by atoms with Gasteiger partial charge in [0, 0.05) is 73.2 Å². The van der Waals surface area contributed by atoms with Crippen molar-refractivity contribution in [2.75, 3.05) is 40.5 Å². The second-order valence-corrected chi connectivity index (χ2v) is 9.22. The maximum atomic E-state index is 15.0. The molecule has 5 rings (SSSR count). The number of ether oxygens (including phenoxy) is 2. The third-order valence-corrected chi connectivity index (χ3v) is 7.17. The van der Waals surface area contributed by atoms with Crippen molar-refractivity contribution in [3.05, 3.63) is 65.3 Å². The van der Waals surface area contributed by atoms with Crippen LogP contribution in [0.4, 0.5) is 8.78 Å². The monoisotopic (exact) mass is 496 g/mol. The van der Waals surface area contributed by atoms with Crippen LogP contribution in [0.3, 0.4) is 0 Å². The van der Waals surface area contributed by atoms with Gasteiger partial charge in [0.05, 0.1) is 38.8 Å². The number of likely N-dealkylation sites (tertiary alicyclic amines) is 1. The number of rotatable bonds is 8. The molecular formula is C27H30F2N4O3. The van der Waals surface area contributed by atoms with Crippen molar-refractivity contribution in [3.8, 4) is 22.6 Å². The molecule has 7 nitrogen and oxygen atoms in total. The Labute approximate surface area is 209 Å². The Balaban J connectivity index is 1.37. The van der Waals surface area contributed by atoms with Crippen molar-refractivity contribution in [2.24, 2.45) is 0 Å². The molecular weight excluding hydrogens is 466 g/mol. The molecule has 1 aromatic carbocycles. The fourth-order valence-corrected chi connectivity index (χ4v) is 5.11. The van der Waals surface area contributed by atoms with Crippen LogP contribution in [-0.2, 0) is 12.8 Å². The minimum absolute atomic E-state index is 0.0523. The van der Waals surface area contributed by atoms with E-state index in [9.17, 15) is 8.78 Å². The number of aromatic nitrogens is 3. The topological polar surface area (TPSA) is 72.6 Å². The van der Waals surface area contributed by atoms with Gasteiger partial charge < -0.3 is 19.5 Å². The molecule has 2 aromatic heterocycles. The third kappa shape index (κ3) is 4.60. The number of halogens is 2. The third-order valence-electron chi connectivity index (χ3n) is 7.17. The smallest absolute Gasteiger partial charge is 0.171 e. The number of aliphatic hydroxyl groups is 1. The molecule has 190 valence electrons. The van der Waals surface area contributed by atoms with Crippen molar-refractivity contribution in [3.63, 3.8) is 0 Å². The summed E-state index contributed by atoms with van der Waals surface area (Å²) in [6.45, 7) is 2.78. The average molecular weight is 497 g/mol. The largest absolute Gasteiger partial charge is 0.494 e. The second-order valence-electron chi connectivity index (χ2n) is 9.22. The Morgan fingerprint density at radius 3 is 2.42 bits per heavy atom. The first-order chi connectivity index (χ1) is 17.5. The van der Waals surface area contributed by atoms with Gasteiger partial charge in [-0.15, -0.1) is 0 Å². The Morgan fingerprint density at radius 1 is 1.03 bits per heavy atom. The second kappa shape index (κ2) is 10.4. The summed E-state index contributed by atoms with van der Waals surface area (Å²) in [5.74, 6) is -1.55. The number of benzene rings is 1. The normalized spacial score (nSPS) is 16.2. The summed E-state index contributed by atoms with van der Waals surface area (Å²) in [6, 6.07) is 3.57. The maximum absolute atomic E-state index is 15.0. The Kier molecular flexibility index (Phi) is 7.02. The number of aliphatic hydroxyl groups excluding tert-OH is 1. The lowest BCUT2D eigenvalue weighted by atomic mass is 9.97. The van der Waals surface area contributed by atoms with Crippen LogP contribution < -0.4 is 9.47 Å². The van der Waals surface area contributed by atoms with Crippen molar-refractivity contribution in [2.45, 2.75) is 31.7 Å². The highest BCUT2D eigenvalue weighted by Crippen LogP contribution is 2.37. The van der Waals surface area contributed by atoms with Crippen molar-refractivity contribution in [1.82, 2.24) is 19.7 Å². The van der Waals surface area contributed by atoms with Gasteiger partial charge >= 0.3 is 0 Å². The molecule has 9 heteroatoms. The van der Waals surface area contributed by atoms with E-state index in [1.54, 1.807) is 0 Å². The number of fused-ring (bicyclic) bond motifs is 1. The van der Waals surface area contributed by atoms with Crippen LogP contribution in [-0.4, -0.2) is 65.2 Å². The summed E-state index contributed by atoms with van der Waals surface area (Å²) < 4.78 is 42.2. The van der Waals surface area contributed by atoms with Gasteiger partial charge in [0.2, 0.25) is 0 Å². The van der Waals surface area contributed by atoms with Gasteiger partial charge in [-0.2, -0.15) is 5.10 Å². The zero-order chi connectivity index (χ0) is 25.2. The molecule has 3 aromatic rings. The summed E-state index contributed by atoms with van der Waals surface area (Å²) in [5.41, 5.74) is 4.36. The molecule has 3 heterocycles. The first-order valence-corrected chi connectivity index (χ1v) is 12.2. The summed E-state index contributed by atoms with van der Waals surface area (Å²) in [4.78, 5) is 6.90. The van der Waals surface area contributed by atoms with Gasteiger partial charge in [-0.25, -0.2) is 8.78 Å². The van der Waals surface area contributed by atoms with Crippen LogP contribution in [0.25, 0.3) is 16.7 Å². The van der Waals surface area contributed by atoms with Crippen LogP contribution in [0.5, 0.6) is 11.5 Å². The minimum atomic E-state index is -0.722. The molecule has 1 saturated heterocycles. The zero-order valence-corrected chi connectivity index (χ0v) is 20.5. The van der Waals surface area contributed by atoms with Crippen molar-refractivity contribution < 1.29 is 23.4 Å². The molecule has 0 unspecified atom stereocenters. The molecule has 1 aliphatic carbocycles. The average Bonchev–Trinajstić information content (AvgIpc) is 3.55. The number of β-amino-alcohol motifs (C(OH)–C–C–N with tert-alkyl or cyclic N) is 1. The Hall–Kier alpha value is -3.30. The van der Waals surface area contributed by atoms with Gasteiger partial charge in [-0.3, -0.25) is 9.67 Å². The summed E-state index contributed by atoms with van der Waals surface area (Å²) >= 11 is 0. The van der Waals surface area contributed by atoms with Crippen LogP contribution >= 0.6 is 0 Å². The van der Waals surface area contributed by atoms with Crippen molar-refractivity contribution in [1.29, 1.82) is 0 Å². The Bertz CT molecular complexity index is 1250. The SMILES string of the molecule is COc1cc(OC)c(F)c(CC2=CCc3ncc(-c4cnn(C5CCN(CCO)CC5)c4)cc32)c1F. The van der Waals surface area contributed by atoms with E-state index in [4.69, 9.17) is 14.6 Å². The molecule has 0 saturated carbocycles. The Morgan fingerprint density at radius 2 is 1.75 bits per heavy atom. The fourth-order valence-electron chi connectivity index (χ4n) is 5.11. The number of allylic oxidation sites excluding steroid dienone is 2. The van der Waals surface area contributed by atoms with Gasteiger partial charge in [0.25, 0.3) is 0 Å². The molecule has 1 N–H and O–H groups in total. The van der Waals surface area contributed by atoms with Crippen molar-refractivity contribution >= 4 is 5.57 Å². The lowest BCUT2D eigenvalue weighted by Gasteiger charge is -2.31. The van der Waals surface area contributed by atoms with E-state index in [2.05, 4.69) is 15.0 Å². The molecule has 1 aliphatic heterocycles. The van der Waals surface area contributed by atoms with Gasteiger partial charge in [0.15, 0.2) is 23.1 Å². The van der Waals surface area contributed by atoms with E-state index in [-0.39, 0.29) is 30.1 Å². The molecule has 0 bridgehead atoms. The molecule has 0 spiro atoms. The van der Waals surface area contributed by atoms with Gasteiger partial charge in [-0.1, -0.05) is 6.08 Å². The standard InChI is InChI=1S/C27H30F2N4O3/c1-35-24-13-25(36-2)27(29)22(26(24)28)11-17-3-4-23-21(17)12-18(14-30-23)19-15-31-33(16-19)20-5-7-32(8-6-20)9-10-34/h3,12-16,20,34H,4-11H2,1-2H3. The lowest BCUT2D eigenvalue weighted by Crippen LogP contribution is -2.36. The molecule has 0 amide bonds. The summed E-state index contributed by atoms with van der Waals surface area (Å²) in [6.07, 6.45) is 10.3. The number of hydrogen-bond donors (Lipinski definition) is 1. The van der Waals surface area contributed by atoms with E-state index >= 15 is 0 Å². The van der Waals surface area contributed by atoms with E-state index in [1.807, 2.05) is 35.4 Å². The first kappa shape index (κ1) is 24.4. The van der Waals surface area contributed by atoms with E-state index in [1.165, 1.54) is 20.3 Å². The molecule has 1 fully saturated rings. The number of nitrogens with zero attached hydrogens (tertiary/aromatic N) is 4. The summed E-state index contributed by atoms with van der Waals surface area (Å²) in [7, 11) is 2.69. The van der Waals surface area contributed by atoms with Crippen LogP contribution in [0.1, 0.15) is 35.7 Å². The van der Waals surface area contributed by atoms with Crippen LogP contribution in [0.2, 0.25) is 0 Å². The number of pyridine rings is 1. The highest BCUT2D eigenvalue weighted by atomic mass is 19.1. The quantitative estimate of drug-likeness (QED) is 0.507. The van der Waals surface area contributed by atoms with Gasteiger partial charge in [-0.05, 0) is 24.5 Å². The zero-order valence-electron chi connectivity index (χ0n) is 20.5. The highest BCUT2D eigenvalue weighted by molar-refractivity contribution is 5.77. The predicted molar refractivity (Wildman–Crippen MR) is 132 cm³/mol. The predicted octanol–water partition coefficient (Wildman–Crippen LogP) is 4.05. The minimum Gasteiger partial charge on any atom is -0.494 e. The van der Waals surface area contributed by atoms with Crippen LogP contribution in [0, 0.1) is 11.6 Å². The van der Waals surface area contributed by atoms with E-state index < -0.39 is 11.6 Å². The van der Waals surface area contributed by atoms with Crippen LogP contribution in [0.15, 0.2) is 36.8 Å². The number of hydrogen-bond acceptors (Lipinski definition) is 6. The first-order valence-electron chi connectivity index (χ1n) is 12.2. The maximum Gasteiger partial charge on any atom is 0.171 e. The lowest BCUT2D eigenvalue weighted by molar-refractivity contribution is 0.146. The molecule has 36 heavy (non-hydrogen) atoms.